The number of hydrogen-bond acceptors (Lipinski definition) is 4. The van der Waals surface area contributed by atoms with Gasteiger partial charge in [-0.1, -0.05) is 12.1 Å². The number of benzene rings is 1. The number of nitrogens with one attached hydrogen (secondary N) is 1. The standard InChI is InChI=1S/C14H13NO4S/c1-19-8-9-3-2-4-10(7-9)13(16)15-11-5-6-20-12(11)14(17)18/h2-7H,8H2,1H3,(H,15,16)(H,17,18). The second-order valence-electron chi connectivity index (χ2n) is 4.06. The Morgan fingerprint density at radius 3 is 2.85 bits per heavy atom. The van der Waals surface area contributed by atoms with Crippen LogP contribution in [-0.4, -0.2) is 24.1 Å². The minimum absolute atomic E-state index is 0.117. The van der Waals surface area contributed by atoms with E-state index >= 15 is 0 Å². The Morgan fingerprint density at radius 1 is 1.35 bits per heavy atom. The van der Waals surface area contributed by atoms with Crippen molar-refractivity contribution in [3.63, 3.8) is 0 Å². The Hall–Kier alpha value is -2.18. The summed E-state index contributed by atoms with van der Waals surface area (Å²) >= 11 is 1.07. The fraction of sp³-hybridized carbons (Fsp3) is 0.143. The Bertz CT molecular complexity index is 636. The van der Waals surface area contributed by atoms with Crippen LogP contribution >= 0.6 is 11.3 Å². The van der Waals surface area contributed by atoms with Gasteiger partial charge >= 0.3 is 5.97 Å². The third-order valence-electron chi connectivity index (χ3n) is 2.61. The highest BCUT2D eigenvalue weighted by Gasteiger charge is 2.15. The number of hydrogen-bond donors (Lipinski definition) is 2. The molecular formula is C14H13NO4S. The second kappa shape index (κ2) is 6.31. The highest BCUT2D eigenvalue weighted by atomic mass is 32.1. The number of methoxy groups -OCH3 is 1. The van der Waals surface area contributed by atoms with Crippen molar-refractivity contribution in [2.75, 3.05) is 12.4 Å². The summed E-state index contributed by atoms with van der Waals surface area (Å²) in [6.07, 6.45) is 0. The topological polar surface area (TPSA) is 75.6 Å². The summed E-state index contributed by atoms with van der Waals surface area (Å²) in [6.45, 7) is 0.417. The molecule has 0 radical (unpaired) electrons. The van der Waals surface area contributed by atoms with E-state index < -0.39 is 5.97 Å². The van der Waals surface area contributed by atoms with Gasteiger partial charge in [-0.15, -0.1) is 11.3 Å². The second-order valence-corrected chi connectivity index (χ2v) is 4.97. The summed E-state index contributed by atoms with van der Waals surface area (Å²) in [5.74, 6) is -1.40. The predicted molar refractivity (Wildman–Crippen MR) is 76.4 cm³/mol. The molecule has 0 spiro atoms. The van der Waals surface area contributed by atoms with Crippen LogP contribution in [0.15, 0.2) is 35.7 Å². The largest absolute Gasteiger partial charge is 0.477 e. The summed E-state index contributed by atoms with van der Waals surface area (Å²) in [5, 5.41) is 13.2. The van der Waals surface area contributed by atoms with Crippen LogP contribution in [0.3, 0.4) is 0 Å². The number of amides is 1. The number of carboxylic acids is 1. The van der Waals surface area contributed by atoms with Crippen molar-refractivity contribution in [2.45, 2.75) is 6.61 Å². The SMILES string of the molecule is COCc1cccc(C(=O)Nc2ccsc2C(=O)O)c1. The summed E-state index contributed by atoms with van der Waals surface area (Å²) in [6, 6.07) is 8.57. The van der Waals surface area contributed by atoms with Gasteiger partial charge in [0.2, 0.25) is 0 Å². The van der Waals surface area contributed by atoms with Crippen molar-refractivity contribution >= 4 is 28.9 Å². The van der Waals surface area contributed by atoms with Crippen molar-refractivity contribution in [3.8, 4) is 0 Å². The van der Waals surface area contributed by atoms with Crippen molar-refractivity contribution in [3.05, 3.63) is 51.7 Å². The number of carbonyl (C=O) groups excluding carboxylic acids is 1. The van der Waals surface area contributed by atoms with Crippen LogP contribution in [0.1, 0.15) is 25.6 Å². The molecule has 0 unspecified atom stereocenters. The van der Waals surface area contributed by atoms with Crippen LogP contribution in [0.2, 0.25) is 0 Å². The highest BCUT2D eigenvalue weighted by molar-refractivity contribution is 7.12. The fourth-order valence-electron chi connectivity index (χ4n) is 1.74. The Kier molecular flexibility index (Phi) is 4.49. The van der Waals surface area contributed by atoms with E-state index in [4.69, 9.17) is 9.84 Å². The lowest BCUT2D eigenvalue weighted by Gasteiger charge is -2.06. The molecule has 0 aliphatic rings. The lowest BCUT2D eigenvalue weighted by molar-refractivity contribution is 0.0703. The molecule has 20 heavy (non-hydrogen) atoms. The molecule has 0 saturated carbocycles. The molecule has 104 valence electrons. The minimum atomic E-state index is -1.05. The summed E-state index contributed by atoms with van der Waals surface area (Å²) in [5.41, 5.74) is 1.65. The van der Waals surface area contributed by atoms with Gasteiger partial charge in [-0.2, -0.15) is 0 Å². The molecular weight excluding hydrogens is 278 g/mol. The van der Waals surface area contributed by atoms with Crippen LogP contribution in [-0.2, 0) is 11.3 Å². The first-order chi connectivity index (χ1) is 9.61. The van der Waals surface area contributed by atoms with E-state index in [2.05, 4.69) is 5.32 Å². The number of carboxylic acid groups (broad SMARTS) is 1. The number of carbonyl (C=O) groups is 2. The van der Waals surface area contributed by atoms with E-state index in [0.29, 0.717) is 17.9 Å². The number of thiophene rings is 1. The fourth-order valence-corrected chi connectivity index (χ4v) is 2.42. The zero-order valence-electron chi connectivity index (χ0n) is 10.8. The van der Waals surface area contributed by atoms with E-state index in [0.717, 1.165) is 16.9 Å². The van der Waals surface area contributed by atoms with Gasteiger partial charge in [0.15, 0.2) is 0 Å². The first kappa shape index (κ1) is 14.2. The molecule has 2 rings (SSSR count). The van der Waals surface area contributed by atoms with E-state index in [1.807, 2.05) is 6.07 Å². The van der Waals surface area contributed by atoms with Gasteiger partial charge in [-0.05, 0) is 29.1 Å². The maximum atomic E-state index is 12.1. The van der Waals surface area contributed by atoms with Gasteiger partial charge < -0.3 is 15.2 Å². The average Bonchev–Trinajstić information content (AvgIpc) is 2.88. The summed E-state index contributed by atoms with van der Waals surface area (Å²) < 4.78 is 5.01. The first-order valence-electron chi connectivity index (χ1n) is 5.82. The van der Waals surface area contributed by atoms with E-state index in [9.17, 15) is 9.59 Å². The third-order valence-corrected chi connectivity index (χ3v) is 3.51. The smallest absolute Gasteiger partial charge is 0.348 e. The van der Waals surface area contributed by atoms with E-state index in [-0.39, 0.29) is 10.8 Å². The van der Waals surface area contributed by atoms with Crippen molar-refractivity contribution in [1.82, 2.24) is 0 Å². The molecule has 2 aromatic rings. The van der Waals surface area contributed by atoms with Crippen molar-refractivity contribution in [1.29, 1.82) is 0 Å². The molecule has 0 aliphatic carbocycles. The van der Waals surface area contributed by atoms with Crippen LogP contribution in [0.25, 0.3) is 0 Å². The summed E-state index contributed by atoms with van der Waals surface area (Å²) in [4.78, 5) is 23.2. The van der Waals surface area contributed by atoms with Crippen LogP contribution in [0, 0.1) is 0 Å². The van der Waals surface area contributed by atoms with Crippen molar-refractivity contribution < 1.29 is 19.4 Å². The molecule has 0 aliphatic heterocycles. The third kappa shape index (κ3) is 3.23. The molecule has 0 fully saturated rings. The van der Waals surface area contributed by atoms with Crippen LogP contribution in [0.4, 0.5) is 5.69 Å². The molecule has 0 atom stereocenters. The van der Waals surface area contributed by atoms with Gasteiger partial charge in [-0.3, -0.25) is 4.79 Å². The van der Waals surface area contributed by atoms with Crippen LogP contribution < -0.4 is 5.32 Å². The lowest BCUT2D eigenvalue weighted by atomic mass is 10.1. The first-order valence-corrected chi connectivity index (χ1v) is 6.70. The van der Waals surface area contributed by atoms with E-state index in [1.54, 1.807) is 36.8 Å². The number of ether oxygens (including phenoxy) is 1. The molecule has 1 amide bonds. The predicted octanol–water partition coefficient (Wildman–Crippen LogP) is 2.85. The molecule has 0 saturated heterocycles. The number of anilines is 1. The van der Waals surface area contributed by atoms with Gasteiger partial charge in [0.05, 0.1) is 12.3 Å². The Balaban J connectivity index is 2.17. The quantitative estimate of drug-likeness (QED) is 0.888. The molecule has 1 heterocycles. The number of aromatic carboxylic acids is 1. The van der Waals surface area contributed by atoms with E-state index in [1.165, 1.54) is 0 Å². The molecule has 2 N–H and O–H groups in total. The maximum absolute atomic E-state index is 12.1. The minimum Gasteiger partial charge on any atom is -0.477 e. The highest BCUT2D eigenvalue weighted by Crippen LogP contribution is 2.22. The zero-order valence-corrected chi connectivity index (χ0v) is 11.6. The molecule has 0 bridgehead atoms. The van der Waals surface area contributed by atoms with Crippen LogP contribution in [0.5, 0.6) is 0 Å². The molecule has 1 aromatic carbocycles. The Morgan fingerprint density at radius 2 is 2.15 bits per heavy atom. The number of rotatable bonds is 5. The monoisotopic (exact) mass is 291 g/mol. The molecule has 6 heteroatoms. The van der Waals surface area contributed by atoms with Gasteiger partial charge in [0.25, 0.3) is 5.91 Å². The maximum Gasteiger partial charge on any atom is 0.348 e. The van der Waals surface area contributed by atoms with Gasteiger partial charge in [0.1, 0.15) is 4.88 Å². The normalized spacial score (nSPS) is 10.2. The Labute approximate surface area is 119 Å². The molecule has 1 aromatic heterocycles. The zero-order chi connectivity index (χ0) is 14.5. The van der Waals surface area contributed by atoms with Crippen molar-refractivity contribution in [2.24, 2.45) is 0 Å². The summed E-state index contributed by atoms with van der Waals surface area (Å²) in [7, 11) is 1.58. The lowest BCUT2D eigenvalue weighted by Crippen LogP contribution is -2.13. The van der Waals surface area contributed by atoms with Gasteiger partial charge in [-0.25, -0.2) is 4.79 Å². The van der Waals surface area contributed by atoms with Gasteiger partial charge in [0, 0.05) is 12.7 Å². The molecule has 5 nitrogen and oxygen atoms in total. The average molecular weight is 291 g/mol.